The van der Waals surface area contributed by atoms with Crippen molar-refractivity contribution in [3.63, 3.8) is 0 Å². The summed E-state index contributed by atoms with van der Waals surface area (Å²) in [4.78, 5) is 120. The van der Waals surface area contributed by atoms with E-state index in [0.29, 0.717) is 97.8 Å². The van der Waals surface area contributed by atoms with Gasteiger partial charge in [-0.2, -0.15) is 0 Å². The molecule has 5 aromatic rings. The summed E-state index contributed by atoms with van der Waals surface area (Å²) in [6, 6.07) is 16.6. The number of hydrogen-bond acceptors (Lipinski definition) is 12. The highest BCUT2D eigenvalue weighted by Crippen LogP contribution is 2.35. The topological polar surface area (TPSA) is 241 Å². The highest BCUT2D eigenvalue weighted by Gasteiger charge is 2.37. The van der Waals surface area contributed by atoms with Gasteiger partial charge in [0.25, 0.3) is 11.8 Å². The van der Waals surface area contributed by atoms with E-state index in [1.165, 1.54) is 67.0 Å². The predicted molar refractivity (Wildman–Crippen MR) is 295 cm³/mol. The molecule has 2 fully saturated rings. The number of hydrogen-bond donors (Lipinski definition) is 6. The van der Waals surface area contributed by atoms with Gasteiger partial charge < -0.3 is 41.7 Å². The number of amides is 6. The van der Waals surface area contributed by atoms with Crippen LogP contribution in [0, 0.1) is 11.6 Å². The third-order valence-electron chi connectivity index (χ3n) is 14.8. The van der Waals surface area contributed by atoms with Crippen molar-refractivity contribution in [1.82, 2.24) is 51.7 Å². The fraction of sp³-hybridized carbons (Fsp3) is 0.400. The van der Waals surface area contributed by atoms with Crippen LogP contribution in [-0.2, 0) is 19.2 Å². The van der Waals surface area contributed by atoms with Crippen LogP contribution in [0.3, 0.4) is 0 Å². The molecule has 2 aliphatic rings. The Labute approximate surface area is 464 Å². The van der Waals surface area contributed by atoms with Crippen LogP contribution in [0.1, 0.15) is 154 Å². The normalized spacial score (nSPS) is 16.5. The Morgan fingerprint density at radius 1 is 0.525 bits per heavy atom. The smallest absolute Gasteiger partial charge is 0.251 e. The molecule has 3 aromatic carbocycles. The first-order chi connectivity index (χ1) is 38.6. The van der Waals surface area contributed by atoms with Crippen LogP contribution in [0.2, 0.25) is 0 Å². The average Bonchev–Trinajstić information content (AvgIpc) is 4.22. The van der Waals surface area contributed by atoms with Crippen LogP contribution in [0.5, 0.6) is 0 Å². The number of carbonyl (C=O) groups is 8. The van der Waals surface area contributed by atoms with Gasteiger partial charge in [0.1, 0.15) is 23.7 Å². The lowest BCUT2D eigenvalue weighted by Gasteiger charge is -2.30. The summed E-state index contributed by atoms with van der Waals surface area (Å²) in [6.45, 7) is 4.76. The van der Waals surface area contributed by atoms with Gasteiger partial charge in [0.15, 0.2) is 11.6 Å². The first kappa shape index (κ1) is 59.6. The molecule has 0 radical (unpaired) electrons. The summed E-state index contributed by atoms with van der Waals surface area (Å²) in [5, 5.41) is 17.4. The zero-order valence-corrected chi connectivity index (χ0v) is 45.6. The number of rotatable bonds is 26. The molecule has 6 unspecified atom stereocenters. The molecule has 18 nitrogen and oxygen atoms in total. The van der Waals surface area contributed by atoms with Gasteiger partial charge in [-0.25, -0.2) is 8.78 Å². The number of pyridine rings is 2. The van der Waals surface area contributed by atoms with Crippen molar-refractivity contribution in [2.45, 2.75) is 114 Å². The number of nitrogens with one attached hydrogen (secondary N) is 6. The zero-order valence-electron chi connectivity index (χ0n) is 45.6. The second-order valence-electron chi connectivity index (χ2n) is 20.3. The monoisotopic (exact) mass is 1100 g/mol. The lowest BCUT2D eigenvalue weighted by molar-refractivity contribution is -0.138. The van der Waals surface area contributed by atoms with Crippen LogP contribution < -0.4 is 31.9 Å². The summed E-state index contributed by atoms with van der Waals surface area (Å²) in [7, 11) is 3.30. The molecule has 4 heterocycles. The Morgan fingerprint density at radius 2 is 0.925 bits per heavy atom. The van der Waals surface area contributed by atoms with E-state index in [9.17, 15) is 47.1 Å². The van der Waals surface area contributed by atoms with E-state index in [1.807, 2.05) is 0 Å². The molecule has 2 aromatic heterocycles. The molecule has 0 saturated carbocycles. The standard InChI is InChI=1S/C60H70F2N10O8/c1-37(63-3)55(75)69-49(59(79)71-28-10-16-51(71)43-31-45(35-65-33-43)53(73)39-18-22-47(61)23-19-39)14-5-7-26-67-57(77)41-12-9-13-42(30-41)58(78)68-27-8-6-15-50(70-56(76)38(2)64-4)60(80)72-29-11-17-52(72)44-32-46(36-66-34-44)54(74)40-20-24-48(62)25-21-40/h9,12-13,18-25,30-38,49-52,63-64H,5-8,10-11,14-17,26-29H2,1-4H3,(H,67,77)(H,68,78)(H,69,75)(H,70,76). The van der Waals surface area contributed by atoms with Gasteiger partial charge in [-0.1, -0.05) is 6.07 Å². The Hall–Kier alpha value is -8.10. The number of likely N-dealkylation sites (N-methyl/N-ethyl adjacent to an activating group) is 2. The van der Waals surface area contributed by atoms with Crippen molar-refractivity contribution in [3.05, 3.63) is 166 Å². The highest BCUT2D eigenvalue weighted by atomic mass is 19.1. The molecular formula is C60H70F2N10O8. The van der Waals surface area contributed by atoms with Crippen molar-refractivity contribution < 1.29 is 47.1 Å². The lowest BCUT2D eigenvalue weighted by Crippen LogP contribution is -2.52. The highest BCUT2D eigenvalue weighted by molar-refractivity contribution is 6.09. The van der Waals surface area contributed by atoms with Crippen molar-refractivity contribution in [1.29, 1.82) is 0 Å². The summed E-state index contributed by atoms with van der Waals surface area (Å²) < 4.78 is 27.1. The maximum Gasteiger partial charge on any atom is 0.251 e. The van der Waals surface area contributed by atoms with Crippen LogP contribution in [0.15, 0.2) is 110 Å². The van der Waals surface area contributed by atoms with Gasteiger partial charge in [-0.3, -0.25) is 48.3 Å². The van der Waals surface area contributed by atoms with E-state index in [0.717, 1.165) is 0 Å². The molecule has 6 atom stereocenters. The van der Waals surface area contributed by atoms with Crippen molar-refractivity contribution in [2.24, 2.45) is 0 Å². The first-order valence-electron chi connectivity index (χ1n) is 27.3. The third kappa shape index (κ3) is 15.6. The number of ketones is 2. The van der Waals surface area contributed by atoms with Crippen molar-refractivity contribution in [3.8, 4) is 0 Å². The summed E-state index contributed by atoms with van der Waals surface area (Å²) in [6.07, 6.45) is 11.3. The Balaban J connectivity index is 0.889. The fourth-order valence-electron chi connectivity index (χ4n) is 9.95. The van der Waals surface area contributed by atoms with Gasteiger partial charge in [0, 0.05) is 84.3 Å². The summed E-state index contributed by atoms with van der Waals surface area (Å²) in [5.41, 5.74) is 3.11. The molecule has 80 heavy (non-hydrogen) atoms. The maximum absolute atomic E-state index is 14.3. The molecule has 2 aliphatic heterocycles. The number of aromatic nitrogens is 2. The van der Waals surface area contributed by atoms with Crippen molar-refractivity contribution >= 4 is 47.0 Å². The minimum Gasteiger partial charge on any atom is -0.352 e. The number of carbonyl (C=O) groups excluding carboxylic acids is 8. The maximum atomic E-state index is 14.3. The number of halogens is 2. The molecule has 0 spiro atoms. The zero-order chi connectivity index (χ0) is 57.3. The molecule has 7 rings (SSSR count). The molecular weight excluding hydrogens is 1030 g/mol. The molecule has 6 N–H and O–H groups in total. The van der Waals surface area contributed by atoms with E-state index >= 15 is 0 Å². The SMILES string of the molecule is CNC(C)C(=O)NC(CCCCNC(=O)c1cccc(C(=O)NCCCCC(NC(=O)C(C)NC)C(=O)N2CCCC2c2cncc(C(=O)c3ccc(F)cc3)c2)c1)C(=O)N1CCCC1c1cncc(C(=O)c2ccc(F)cc2)c1. The molecule has 6 amide bonds. The molecule has 422 valence electrons. The largest absolute Gasteiger partial charge is 0.352 e. The predicted octanol–water partition coefficient (Wildman–Crippen LogP) is 5.93. The minimum atomic E-state index is -0.870. The fourth-order valence-corrected chi connectivity index (χ4v) is 9.95. The van der Waals surface area contributed by atoms with Crippen molar-refractivity contribution in [2.75, 3.05) is 40.3 Å². The Kier molecular flexibility index (Phi) is 21.4. The van der Waals surface area contributed by atoms with E-state index < -0.39 is 47.6 Å². The molecule has 0 bridgehead atoms. The van der Waals surface area contributed by atoms with E-state index in [4.69, 9.17) is 0 Å². The third-order valence-corrected chi connectivity index (χ3v) is 14.8. The molecule has 2 saturated heterocycles. The minimum absolute atomic E-state index is 0.254. The summed E-state index contributed by atoms with van der Waals surface area (Å²) >= 11 is 0. The lowest BCUT2D eigenvalue weighted by atomic mass is 9.99. The van der Waals surface area contributed by atoms with Crippen LogP contribution >= 0.6 is 0 Å². The van der Waals surface area contributed by atoms with Gasteiger partial charge >= 0.3 is 0 Å². The quantitative estimate of drug-likeness (QED) is 0.0279. The van der Waals surface area contributed by atoms with Gasteiger partial charge in [0.2, 0.25) is 23.6 Å². The van der Waals surface area contributed by atoms with Gasteiger partial charge in [0.05, 0.1) is 24.2 Å². The Morgan fingerprint density at radius 3 is 1.31 bits per heavy atom. The van der Waals surface area contributed by atoms with Gasteiger partial charge in [-0.05, 0) is 182 Å². The van der Waals surface area contributed by atoms with E-state index in [2.05, 4.69) is 41.9 Å². The molecule has 20 heteroatoms. The van der Waals surface area contributed by atoms with Crippen LogP contribution in [-0.4, -0.2) is 131 Å². The summed E-state index contributed by atoms with van der Waals surface area (Å²) in [5.74, 6) is -3.60. The second kappa shape index (κ2) is 28.7. The second-order valence-corrected chi connectivity index (χ2v) is 20.3. The molecule has 0 aliphatic carbocycles. The number of unbranched alkanes of at least 4 members (excludes halogenated alkanes) is 2. The first-order valence-corrected chi connectivity index (χ1v) is 27.3. The van der Waals surface area contributed by atoms with E-state index in [1.54, 1.807) is 80.5 Å². The Bertz CT molecular complexity index is 2820. The van der Waals surface area contributed by atoms with E-state index in [-0.39, 0.29) is 84.3 Å². The average molecular weight is 1100 g/mol. The number of likely N-dealkylation sites (tertiary alicyclic amines) is 2. The van der Waals surface area contributed by atoms with Crippen LogP contribution in [0.25, 0.3) is 0 Å². The van der Waals surface area contributed by atoms with Gasteiger partial charge in [-0.15, -0.1) is 0 Å². The number of benzene rings is 3. The van der Waals surface area contributed by atoms with Crippen LogP contribution in [0.4, 0.5) is 8.78 Å². The number of nitrogens with zero attached hydrogens (tertiary/aromatic N) is 4.